The monoisotopic (exact) mass is 434 g/mol. The first-order chi connectivity index (χ1) is 14.4. The lowest BCUT2D eigenvalue weighted by Crippen LogP contribution is -2.40. The molecule has 1 aromatic carbocycles. The van der Waals surface area contributed by atoms with Crippen LogP contribution in [0.25, 0.3) is 11.0 Å². The van der Waals surface area contributed by atoms with Gasteiger partial charge >= 0.3 is 0 Å². The Morgan fingerprint density at radius 3 is 2.50 bits per heavy atom. The van der Waals surface area contributed by atoms with Gasteiger partial charge < -0.3 is 9.30 Å². The molecule has 0 aliphatic carbocycles. The van der Waals surface area contributed by atoms with E-state index >= 15 is 0 Å². The minimum atomic E-state index is -3.52. The molecule has 2 fully saturated rings. The number of imidazole rings is 1. The number of aromatic nitrogens is 2. The zero-order chi connectivity index (χ0) is 21.3. The zero-order valence-electron chi connectivity index (χ0n) is 18.4. The van der Waals surface area contributed by atoms with Crippen molar-refractivity contribution in [2.24, 2.45) is 11.8 Å². The van der Waals surface area contributed by atoms with Crippen molar-refractivity contribution in [1.82, 2.24) is 18.8 Å². The fourth-order valence-corrected chi connectivity index (χ4v) is 6.40. The van der Waals surface area contributed by atoms with E-state index in [0.717, 1.165) is 49.5 Å². The molecule has 8 heteroatoms. The van der Waals surface area contributed by atoms with Crippen LogP contribution in [0.1, 0.15) is 39.4 Å². The molecule has 0 saturated carbocycles. The molecule has 2 unspecified atom stereocenters. The Labute approximate surface area is 180 Å². The highest BCUT2D eigenvalue weighted by Gasteiger charge is 2.28. The molecule has 0 N–H and O–H groups in total. The molecular weight excluding hydrogens is 400 g/mol. The Bertz CT molecular complexity index is 972. The standard InChI is InChI=1S/C22H34N4O3S/c1-4-7-26-21-6-5-19(30(27,28)25-8-10-29-11-9-25)13-20(21)23-22(26)16-24-14-17(2)12-18(3)15-24/h5-6,13,17-18H,4,7-12,14-16H2,1-3H3. The number of rotatable bonds is 6. The summed E-state index contributed by atoms with van der Waals surface area (Å²) in [5.41, 5.74) is 1.79. The maximum atomic E-state index is 13.1. The third kappa shape index (κ3) is 4.42. The van der Waals surface area contributed by atoms with Gasteiger partial charge in [-0.1, -0.05) is 20.8 Å². The lowest BCUT2D eigenvalue weighted by Gasteiger charge is -2.34. The summed E-state index contributed by atoms with van der Waals surface area (Å²) in [5.74, 6) is 2.43. The van der Waals surface area contributed by atoms with Gasteiger partial charge in [0.05, 0.1) is 35.7 Å². The van der Waals surface area contributed by atoms with E-state index in [2.05, 4.69) is 30.2 Å². The highest BCUT2D eigenvalue weighted by Crippen LogP contribution is 2.26. The number of nitrogens with zero attached hydrogens (tertiary/aromatic N) is 4. The lowest BCUT2D eigenvalue weighted by molar-refractivity contribution is 0.0730. The molecule has 0 amide bonds. The smallest absolute Gasteiger partial charge is 0.243 e. The van der Waals surface area contributed by atoms with Crippen molar-refractivity contribution < 1.29 is 13.2 Å². The summed E-state index contributed by atoms with van der Waals surface area (Å²) >= 11 is 0. The van der Waals surface area contributed by atoms with Crippen LogP contribution in [0.2, 0.25) is 0 Å². The molecule has 4 rings (SSSR count). The van der Waals surface area contributed by atoms with Crippen molar-refractivity contribution >= 4 is 21.1 Å². The minimum absolute atomic E-state index is 0.324. The first-order valence-corrected chi connectivity index (χ1v) is 12.6. The van der Waals surface area contributed by atoms with Crippen LogP contribution in [0.5, 0.6) is 0 Å². The highest BCUT2D eigenvalue weighted by molar-refractivity contribution is 7.89. The summed E-state index contributed by atoms with van der Waals surface area (Å²) in [5, 5.41) is 0. The number of morpholine rings is 1. The fourth-order valence-electron chi connectivity index (χ4n) is 4.97. The molecule has 2 aliphatic heterocycles. The van der Waals surface area contributed by atoms with Crippen molar-refractivity contribution in [1.29, 1.82) is 0 Å². The molecule has 2 atom stereocenters. The van der Waals surface area contributed by atoms with Gasteiger partial charge in [0.15, 0.2) is 0 Å². The van der Waals surface area contributed by atoms with E-state index < -0.39 is 10.0 Å². The normalized spacial score (nSPS) is 24.5. The maximum absolute atomic E-state index is 13.1. The number of fused-ring (bicyclic) bond motifs is 1. The lowest BCUT2D eigenvalue weighted by atomic mass is 9.92. The van der Waals surface area contributed by atoms with Crippen molar-refractivity contribution in [3.8, 4) is 0 Å². The number of hydrogen-bond acceptors (Lipinski definition) is 5. The summed E-state index contributed by atoms with van der Waals surface area (Å²) in [6.07, 6.45) is 2.30. The minimum Gasteiger partial charge on any atom is -0.379 e. The van der Waals surface area contributed by atoms with Gasteiger partial charge in [-0.15, -0.1) is 0 Å². The molecule has 2 saturated heterocycles. The van der Waals surface area contributed by atoms with Gasteiger partial charge in [-0.25, -0.2) is 13.4 Å². The third-order valence-electron chi connectivity index (χ3n) is 6.16. The SMILES string of the molecule is CCCn1c(CN2CC(C)CC(C)C2)nc2cc(S(=O)(=O)N3CCOCC3)ccc21. The first kappa shape index (κ1) is 21.7. The Balaban J connectivity index is 1.65. The topological polar surface area (TPSA) is 67.7 Å². The van der Waals surface area contributed by atoms with Crippen LogP contribution < -0.4 is 0 Å². The second-order valence-corrected chi connectivity index (χ2v) is 10.9. The Morgan fingerprint density at radius 2 is 1.83 bits per heavy atom. The van der Waals surface area contributed by atoms with Crippen molar-refractivity contribution in [3.05, 3.63) is 24.0 Å². The average molecular weight is 435 g/mol. The van der Waals surface area contributed by atoms with Crippen LogP contribution >= 0.6 is 0 Å². The van der Waals surface area contributed by atoms with Gasteiger partial charge in [0.1, 0.15) is 5.82 Å². The summed E-state index contributed by atoms with van der Waals surface area (Å²) in [4.78, 5) is 7.73. The van der Waals surface area contributed by atoms with Gasteiger partial charge in [0, 0.05) is 32.7 Å². The van der Waals surface area contributed by atoms with Crippen LogP contribution in [0.3, 0.4) is 0 Å². The Hall–Kier alpha value is -1.48. The van der Waals surface area contributed by atoms with Crippen molar-refractivity contribution in [2.45, 2.75) is 51.6 Å². The fraction of sp³-hybridized carbons (Fsp3) is 0.682. The van der Waals surface area contributed by atoms with E-state index in [1.807, 2.05) is 6.07 Å². The number of aryl methyl sites for hydroxylation is 1. The van der Waals surface area contributed by atoms with E-state index in [-0.39, 0.29) is 0 Å². The largest absolute Gasteiger partial charge is 0.379 e. The third-order valence-corrected chi connectivity index (χ3v) is 8.06. The van der Waals surface area contributed by atoms with Crippen molar-refractivity contribution in [2.75, 3.05) is 39.4 Å². The molecule has 2 aliphatic rings. The number of hydrogen-bond donors (Lipinski definition) is 0. The molecule has 3 heterocycles. The number of benzene rings is 1. The van der Waals surface area contributed by atoms with Gasteiger partial charge in [-0.3, -0.25) is 4.90 Å². The van der Waals surface area contributed by atoms with E-state index in [0.29, 0.717) is 43.0 Å². The molecule has 166 valence electrons. The average Bonchev–Trinajstić information content (AvgIpc) is 3.04. The first-order valence-electron chi connectivity index (χ1n) is 11.2. The highest BCUT2D eigenvalue weighted by atomic mass is 32.2. The van der Waals surface area contributed by atoms with Crippen LogP contribution in [-0.4, -0.2) is 66.6 Å². The molecule has 2 aromatic rings. The quantitative estimate of drug-likeness (QED) is 0.699. The second kappa shape index (κ2) is 8.94. The molecule has 0 bridgehead atoms. The summed E-state index contributed by atoms with van der Waals surface area (Å²) in [6, 6.07) is 5.41. The molecule has 0 radical (unpaired) electrons. The van der Waals surface area contributed by atoms with Gasteiger partial charge in [-0.2, -0.15) is 4.31 Å². The number of likely N-dealkylation sites (tertiary alicyclic amines) is 1. The summed E-state index contributed by atoms with van der Waals surface area (Å²) in [6.45, 7) is 12.4. The predicted molar refractivity (Wildman–Crippen MR) is 118 cm³/mol. The van der Waals surface area contributed by atoms with Crippen LogP contribution in [-0.2, 0) is 27.8 Å². The number of ether oxygens (including phenoxy) is 1. The van der Waals surface area contributed by atoms with Crippen LogP contribution in [0.15, 0.2) is 23.1 Å². The maximum Gasteiger partial charge on any atom is 0.243 e. The van der Waals surface area contributed by atoms with Gasteiger partial charge in [-0.05, 0) is 42.9 Å². The van der Waals surface area contributed by atoms with E-state index in [1.54, 1.807) is 12.1 Å². The zero-order valence-corrected chi connectivity index (χ0v) is 19.2. The van der Waals surface area contributed by atoms with Gasteiger partial charge in [0.25, 0.3) is 0 Å². The van der Waals surface area contributed by atoms with Crippen LogP contribution in [0, 0.1) is 11.8 Å². The van der Waals surface area contributed by atoms with E-state index in [1.165, 1.54) is 10.7 Å². The molecule has 0 spiro atoms. The van der Waals surface area contributed by atoms with Crippen molar-refractivity contribution in [3.63, 3.8) is 0 Å². The van der Waals surface area contributed by atoms with E-state index in [4.69, 9.17) is 9.72 Å². The number of piperidine rings is 1. The Kier molecular flexibility index (Phi) is 6.48. The van der Waals surface area contributed by atoms with Gasteiger partial charge in [0.2, 0.25) is 10.0 Å². The number of sulfonamides is 1. The molecule has 1 aromatic heterocycles. The summed E-state index contributed by atoms with van der Waals surface area (Å²) in [7, 11) is -3.52. The molecular formula is C22H34N4O3S. The summed E-state index contributed by atoms with van der Waals surface area (Å²) < 4.78 is 35.2. The molecule has 7 nitrogen and oxygen atoms in total. The molecule has 30 heavy (non-hydrogen) atoms. The second-order valence-electron chi connectivity index (χ2n) is 8.99. The Morgan fingerprint density at radius 1 is 1.13 bits per heavy atom. The van der Waals surface area contributed by atoms with Crippen LogP contribution in [0.4, 0.5) is 0 Å². The van der Waals surface area contributed by atoms with E-state index in [9.17, 15) is 8.42 Å². The predicted octanol–water partition coefficient (Wildman–Crippen LogP) is 2.95.